The lowest BCUT2D eigenvalue weighted by atomic mass is 9.84. The van der Waals surface area contributed by atoms with Crippen LogP contribution >= 0.6 is 0 Å². The lowest BCUT2D eigenvalue weighted by Crippen LogP contribution is -2.42. The van der Waals surface area contributed by atoms with E-state index in [2.05, 4.69) is 28.5 Å². The number of benzene rings is 1. The maximum absolute atomic E-state index is 5.76. The molecular weight excluding hydrogens is 250 g/mol. The minimum Gasteiger partial charge on any atom is -0.472 e. The van der Waals surface area contributed by atoms with Gasteiger partial charge in [0.15, 0.2) is 5.96 Å². The lowest BCUT2D eigenvalue weighted by Gasteiger charge is -2.27. The molecule has 1 heterocycles. The average Bonchev–Trinajstić information content (AvgIpc) is 3.00. The Morgan fingerprint density at radius 1 is 1.40 bits per heavy atom. The highest BCUT2D eigenvalue weighted by molar-refractivity contribution is 5.78. The Balaban J connectivity index is 1.87. The van der Waals surface area contributed by atoms with Crippen LogP contribution in [0.2, 0.25) is 0 Å². The molecule has 3 N–H and O–H groups in total. The molecule has 1 aromatic heterocycles. The smallest absolute Gasteiger partial charge is 0.188 e. The summed E-state index contributed by atoms with van der Waals surface area (Å²) in [4.78, 5) is 3.97. The highest BCUT2D eigenvalue weighted by atomic mass is 16.3. The van der Waals surface area contributed by atoms with Gasteiger partial charge in [-0.3, -0.25) is 4.99 Å². The summed E-state index contributed by atoms with van der Waals surface area (Å²) in [5.74, 6) is 0.518. The summed E-state index contributed by atoms with van der Waals surface area (Å²) in [6.45, 7) is 0. The third-order valence-corrected chi connectivity index (χ3v) is 3.91. The molecule has 1 unspecified atom stereocenters. The first-order valence-electron chi connectivity index (χ1n) is 6.90. The summed E-state index contributed by atoms with van der Waals surface area (Å²) >= 11 is 0. The predicted molar refractivity (Wildman–Crippen MR) is 80.6 cm³/mol. The second-order valence-corrected chi connectivity index (χ2v) is 5.15. The molecule has 1 aliphatic rings. The van der Waals surface area contributed by atoms with Crippen molar-refractivity contribution in [1.29, 1.82) is 0 Å². The van der Waals surface area contributed by atoms with E-state index in [1.165, 1.54) is 16.7 Å². The molecule has 0 aliphatic heterocycles. The molecule has 0 saturated carbocycles. The summed E-state index contributed by atoms with van der Waals surface area (Å²) < 4.78 is 5.20. The largest absolute Gasteiger partial charge is 0.472 e. The number of hydrogen-bond donors (Lipinski definition) is 2. The van der Waals surface area contributed by atoms with Crippen molar-refractivity contribution in [1.82, 2.24) is 5.32 Å². The highest BCUT2D eigenvalue weighted by Crippen LogP contribution is 2.31. The van der Waals surface area contributed by atoms with E-state index in [0.29, 0.717) is 12.0 Å². The quantitative estimate of drug-likeness (QED) is 0.649. The van der Waals surface area contributed by atoms with Gasteiger partial charge < -0.3 is 15.5 Å². The van der Waals surface area contributed by atoms with Crippen LogP contribution in [0.5, 0.6) is 0 Å². The van der Waals surface area contributed by atoms with Gasteiger partial charge >= 0.3 is 0 Å². The molecule has 0 amide bonds. The highest BCUT2D eigenvalue weighted by Gasteiger charge is 2.21. The second kappa shape index (κ2) is 5.41. The summed E-state index contributed by atoms with van der Waals surface area (Å²) in [7, 11) is 1.70. The van der Waals surface area contributed by atoms with E-state index in [1.807, 2.05) is 12.3 Å². The third kappa shape index (κ3) is 2.41. The lowest BCUT2D eigenvalue weighted by molar-refractivity contribution is 0.527. The Bertz CT molecular complexity index is 617. The van der Waals surface area contributed by atoms with Crippen LogP contribution in [0.4, 0.5) is 0 Å². The Hall–Kier alpha value is -2.23. The van der Waals surface area contributed by atoms with E-state index < -0.39 is 0 Å². The van der Waals surface area contributed by atoms with Gasteiger partial charge in [-0.15, -0.1) is 0 Å². The summed E-state index contributed by atoms with van der Waals surface area (Å²) in [6, 6.07) is 8.86. The average molecular weight is 269 g/mol. The van der Waals surface area contributed by atoms with E-state index in [0.717, 1.165) is 24.8 Å². The molecule has 1 aromatic carbocycles. The van der Waals surface area contributed by atoms with Gasteiger partial charge in [-0.05, 0) is 42.0 Å². The van der Waals surface area contributed by atoms with Crippen LogP contribution in [0.15, 0.2) is 46.2 Å². The molecule has 20 heavy (non-hydrogen) atoms. The van der Waals surface area contributed by atoms with Gasteiger partial charge in [0.1, 0.15) is 0 Å². The third-order valence-electron chi connectivity index (χ3n) is 3.91. The molecule has 1 aliphatic carbocycles. The van der Waals surface area contributed by atoms with Crippen molar-refractivity contribution >= 4 is 5.96 Å². The molecule has 1 atom stereocenters. The van der Waals surface area contributed by atoms with Gasteiger partial charge in [-0.1, -0.05) is 18.2 Å². The van der Waals surface area contributed by atoms with Crippen LogP contribution in [0.3, 0.4) is 0 Å². The number of hydrogen-bond acceptors (Lipinski definition) is 2. The van der Waals surface area contributed by atoms with Gasteiger partial charge in [0, 0.05) is 18.7 Å². The zero-order valence-electron chi connectivity index (χ0n) is 11.6. The number of furan rings is 1. The Labute approximate surface area is 118 Å². The fourth-order valence-corrected chi connectivity index (χ4v) is 2.89. The summed E-state index contributed by atoms with van der Waals surface area (Å²) in [6.07, 6.45) is 6.63. The molecule has 104 valence electrons. The van der Waals surface area contributed by atoms with Gasteiger partial charge in [-0.25, -0.2) is 0 Å². The van der Waals surface area contributed by atoms with E-state index >= 15 is 0 Å². The maximum Gasteiger partial charge on any atom is 0.188 e. The standard InChI is InChI=1S/C16H19N3O/c1-18-16(17)19-13-5-6-15-11(9-13)3-2-4-14(15)12-7-8-20-10-12/h2-4,7-8,10,13H,5-6,9H2,1H3,(H3,17,18,19). The maximum atomic E-state index is 5.76. The predicted octanol–water partition coefficient (Wildman–Crippen LogP) is 2.34. The van der Waals surface area contributed by atoms with E-state index in [9.17, 15) is 0 Å². The zero-order valence-corrected chi connectivity index (χ0v) is 11.6. The molecule has 0 radical (unpaired) electrons. The van der Waals surface area contributed by atoms with Gasteiger partial charge in [0.25, 0.3) is 0 Å². The molecule has 0 saturated heterocycles. The van der Waals surface area contributed by atoms with Crippen LogP contribution < -0.4 is 11.1 Å². The van der Waals surface area contributed by atoms with Gasteiger partial charge in [0.05, 0.1) is 12.5 Å². The van der Waals surface area contributed by atoms with Gasteiger partial charge in [-0.2, -0.15) is 0 Å². The summed E-state index contributed by atoms with van der Waals surface area (Å²) in [5, 5.41) is 3.27. The number of nitrogens with zero attached hydrogens (tertiary/aromatic N) is 1. The van der Waals surface area contributed by atoms with E-state index in [4.69, 9.17) is 10.2 Å². The minimum absolute atomic E-state index is 0.366. The minimum atomic E-state index is 0.366. The molecule has 0 bridgehead atoms. The molecular formula is C16H19N3O. The topological polar surface area (TPSA) is 63.5 Å². The number of aliphatic imine (C=N–C) groups is 1. The van der Waals surface area contributed by atoms with Crippen molar-refractivity contribution in [3.63, 3.8) is 0 Å². The van der Waals surface area contributed by atoms with Crippen LogP contribution in [0.25, 0.3) is 11.1 Å². The first-order valence-corrected chi connectivity index (χ1v) is 6.90. The fourth-order valence-electron chi connectivity index (χ4n) is 2.89. The van der Waals surface area contributed by atoms with Crippen molar-refractivity contribution in [2.24, 2.45) is 10.7 Å². The number of nitrogens with two attached hydrogens (primary N) is 1. The number of rotatable bonds is 2. The first-order chi connectivity index (χ1) is 9.78. The van der Waals surface area contributed by atoms with Crippen molar-refractivity contribution in [3.05, 3.63) is 47.9 Å². The Morgan fingerprint density at radius 3 is 3.05 bits per heavy atom. The summed E-state index contributed by atoms with van der Waals surface area (Å²) in [5.41, 5.74) is 11.0. The zero-order chi connectivity index (χ0) is 13.9. The Kier molecular flexibility index (Phi) is 3.46. The first kappa shape index (κ1) is 12.8. The van der Waals surface area contributed by atoms with E-state index in [1.54, 1.807) is 13.3 Å². The second-order valence-electron chi connectivity index (χ2n) is 5.15. The van der Waals surface area contributed by atoms with Crippen LogP contribution in [0, 0.1) is 0 Å². The number of guanidine groups is 1. The van der Waals surface area contributed by atoms with Crippen molar-refractivity contribution in [2.45, 2.75) is 25.3 Å². The van der Waals surface area contributed by atoms with Crippen molar-refractivity contribution < 1.29 is 4.42 Å². The molecule has 4 heteroatoms. The van der Waals surface area contributed by atoms with Crippen molar-refractivity contribution in [3.8, 4) is 11.1 Å². The van der Waals surface area contributed by atoms with E-state index in [-0.39, 0.29) is 0 Å². The van der Waals surface area contributed by atoms with Gasteiger partial charge in [0.2, 0.25) is 0 Å². The monoisotopic (exact) mass is 269 g/mol. The Morgan fingerprint density at radius 2 is 2.30 bits per heavy atom. The molecule has 0 fully saturated rings. The molecule has 3 rings (SSSR count). The normalized spacial score (nSPS) is 18.6. The number of nitrogens with one attached hydrogen (secondary N) is 1. The molecule has 4 nitrogen and oxygen atoms in total. The number of fused-ring (bicyclic) bond motifs is 1. The SMILES string of the molecule is CN=C(N)NC1CCc2c(cccc2-c2ccoc2)C1. The fraction of sp³-hybridized carbons (Fsp3) is 0.312. The molecule has 2 aromatic rings. The van der Waals surface area contributed by atoms with Crippen LogP contribution in [-0.4, -0.2) is 19.0 Å². The van der Waals surface area contributed by atoms with Crippen LogP contribution in [0.1, 0.15) is 17.5 Å². The van der Waals surface area contributed by atoms with Crippen molar-refractivity contribution in [2.75, 3.05) is 7.05 Å². The molecule has 0 spiro atoms. The van der Waals surface area contributed by atoms with Crippen LogP contribution in [-0.2, 0) is 12.8 Å².